The number of hydrogen-bond donors (Lipinski definition) is 1. The maximum absolute atomic E-state index is 13.6. The molecule has 0 amide bonds. The predicted octanol–water partition coefficient (Wildman–Crippen LogP) is 4.58. The predicted molar refractivity (Wildman–Crippen MR) is 76.0 cm³/mol. The molecule has 0 saturated carbocycles. The van der Waals surface area contributed by atoms with Crippen molar-refractivity contribution in [1.29, 1.82) is 0 Å². The van der Waals surface area contributed by atoms with Crippen LogP contribution in [0, 0.1) is 11.6 Å². The van der Waals surface area contributed by atoms with Gasteiger partial charge in [-0.2, -0.15) is 0 Å². The molecule has 1 atom stereocenters. The van der Waals surface area contributed by atoms with Crippen LogP contribution in [0.4, 0.5) is 8.78 Å². The number of nitrogens with two attached hydrogens (primary N) is 1. The van der Waals surface area contributed by atoms with Crippen molar-refractivity contribution >= 4 is 39.0 Å². The van der Waals surface area contributed by atoms with Crippen molar-refractivity contribution < 1.29 is 8.78 Å². The molecule has 6 heteroatoms. The Hall–Kier alpha value is -0.430. The van der Waals surface area contributed by atoms with E-state index in [2.05, 4.69) is 15.9 Å². The Morgan fingerprint density at radius 3 is 2.67 bits per heavy atom. The fourth-order valence-electron chi connectivity index (χ4n) is 1.44. The van der Waals surface area contributed by atoms with Crippen molar-refractivity contribution in [3.63, 3.8) is 0 Å². The summed E-state index contributed by atoms with van der Waals surface area (Å²) in [7, 11) is 0. The van der Waals surface area contributed by atoms with Crippen LogP contribution in [0.3, 0.4) is 0 Å². The Morgan fingerprint density at radius 2 is 2.11 bits per heavy atom. The maximum atomic E-state index is 13.6. The first-order chi connectivity index (χ1) is 8.60. The minimum absolute atomic E-state index is 0.0266. The Labute approximate surface area is 121 Å². The van der Waals surface area contributed by atoms with Crippen LogP contribution in [0.5, 0.6) is 0 Å². The first kappa shape index (κ1) is 14.0. The van der Waals surface area contributed by atoms with Crippen LogP contribution in [0.2, 0.25) is 0 Å². The molecule has 1 aromatic carbocycles. The molecule has 0 saturated heterocycles. The summed E-state index contributed by atoms with van der Waals surface area (Å²) in [5, 5.41) is 1.93. The third kappa shape index (κ3) is 3.32. The molecule has 0 aliphatic rings. The van der Waals surface area contributed by atoms with E-state index in [0.29, 0.717) is 11.4 Å². The van der Waals surface area contributed by atoms with Crippen LogP contribution >= 0.6 is 39.0 Å². The topological polar surface area (TPSA) is 26.0 Å². The van der Waals surface area contributed by atoms with Crippen molar-refractivity contribution in [2.75, 3.05) is 6.54 Å². The summed E-state index contributed by atoms with van der Waals surface area (Å²) in [6.45, 7) is 0.397. The van der Waals surface area contributed by atoms with E-state index in [1.54, 1.807) is 11.3 Å². The van der Waals surface area contributed by atoms with E-state index in [4.69, 9.17) is 5.73 Å². The molecule has 2 N–H and O–H groups in total. The lowest BCUT2D eigenvalue weighted by Gasteiger charge is -2.13. The number of benzene rings is 1. The Kier molecular flexibility index (Phi) is 4.77. The standard InChI is InChI=1S/C12H10BrF2NS2/c13-7-3-11(17-6-7)12(5-16)18-10-2-1-8(14)4-9(10)15/h1-4,6,12H,5,16H2. The van der Waals surface area contributed by atoms with Gasteiger partial charge >= 0.3 is 0 Å². The van der Waals surface area contributed by atoms with E-state index < -0.39 is 11.6 Å². The quantitative estimate of drug-likeness (QED) is 0.817. The molecule has 0 aliphatic heterocycles. The minimum Gasteiger partial charge on any atom is -0.329 e. The van der Waals surface area contributed by atoms with Crippen LogP contribution in [-0.2, 0) is 0 Å². The van der Waals surface area contributed by atoms with Crippen LogP contribution in [0.1, 0.15) is 10.1 Å². The van der Waals surface area contributed by atoms with Crippen LogP contribution in [-0.4, -0.2) is 6.54 Å². The molecular formula is C12H10BrF2NS2. The van der Waals surface area contributed by atoms with Gasteiger partial charge in [-0.1, -0.05) is 0 Å². The van der Waals surface area contributed by atoms with E-state index in [1.807, 2.05) is 11.4 Å². The van der Waals surface area contributed by atoms with Crippen molar-refractivity contribution in [3.8, 4) is 0 Å². The van der Waals surface area contributed by atoms with Gasteiger partial charge in [0.25, 0.3) is 0 Å². The van der Waals surface area contributed by atoms with Gasteiger partial charge in [-0.25, -0.2) is 8.78 Å². The zero-order valence-electron chi connectivity index (χ0n) is 9.20. The monoisotopic (exact) mass is 349 g/mol. The minimum atomic E-state index is -0.569. The normalized spacial score (nSPS) is 12.7. The summed E-state index contributed by atoms with van der Waals surface area (Å²) in [6.07, 6.45) is 0. The Morgan fingerprint density at radius 1 is 1.33 bits per heavy atom. The summed E-state index contributed by atoms with van der Waals surface area (Å²) >= 11 is 6.26. The van der Waals surface area contributed by atoms with E-state index in [0.717, 1.165) is 15.4 Å². The largest absolute Gasteiger partial charge is 0.329 e. The van der Waals surface area contributed by atoms with Crippen LogP contribution < -0.4 is 5.73 Å². The third-order valence-electron chi connectivity index (χ3n) is 2.28. The van der Waals surface area contributed by atoms with E-state index in [9.17, 15) is 8.78 Å². The molecule has 1 nitrogen and oxygen atoms in total. The average molecular weight is 350 g/mol. The van der Waals surface area contributed by atoms with Crippen molar-refractivity contribution in [1.82, 2.24) is 0 Å². The Bertz CT molecular complexity index is 545. The number of hydrogen-bond acceptors (Lipinski definition) is 3. The lowest BCUT2D eigenvalue weighted by molar-refractivity contribution is 0.565. The lowest BCUT2D eigenvalue weighted by atomic mass is 10.3. The molecule has 18 heavy (non-hydrogen) atoms. The van der Waals surface area contributed by atoms with Gasteiger partial charge in [-0.15, -0.1) is 23.1 Å². The van der Waals surface area contributed by atoms with Gasteiger partial charge in [0, 0.05) is 32.2 Å². The highest BCUT2D eigenvalue weighted by atomic mass is 79.9. The lowest BCUT2D eigenvalue weighted by Crippen LogP contribution is -2.08. The smallest absolute Gasteiger partial charge is 0.139 e. The molecule has 0 spiro atoms. The number of thioether (sulfide) groups is 1. The van der Waals surface area contributed by atoms with Gasteiger partial charge in [0.15, 0.2) is 0 Å². The van der Waals surface area contributed by atoms with Gasteiger partial charge in [-0.05, 0) is 34.1 Å². The van der Waals surface area contributed by atoms with E-state index in [-0.39, 0.29) is 5.25 Å². The highest BCUT2D eigenvalue weighted by molar-refractivity contribution is 9.10. The molecule has 1 heterocycles. The summed E-state index contributed by atoms with van der Waals surface area (Å²) in [6, 6.07) is 5.56. The van der Waals surface area contributed by atoms with E-state index >= 15 is 0 Å². The summed E-state index contributed by atoms with van der Waals surface area (Å²) in [4.78, 5) is 1.48. The fourth-order valence-corrected chi connectivity index (χ4v) is 4.10. The highest BCUT2D eigenvalue weighted by Crippen LogP contribution is 2.39. The van der Waals surface area contributed by atoms with E-state index in [1.165, 1.54) is 23.9 Å². The SMILES string of the molecule is NCC(Sc1ccc(F)cc1F)c1cc(Br)cs1. The maximum Gasteiger partial charge on any atom is 0.139 e. The molecule has 96 valence electrons. The molecular weight excluding hydrogens is 340 g/mol. The average Bonchev–Trinajstić information content (AvgIpc) is 2.75. The molecule has 2 aromatic rings. The summed E-state index contributed by atoms with van der Waals surface area (Å²) in [5.74, 6) is -1.12. The van der Waals surface area contributed by atoms with Crippen LogP contribution in [0.15, 0.2) is 39.0 Å². The fraction of sp³-hybridized carbons (Fsp3) is 0.167. The zero-order chi connectivity index (χ0) is 13.1. The van der Waals surface area contributed by atoms with Gasteiger partial charge in [0.05, 0.1) is 5.25 Å². The highest BCUT2D eigenvalue weighted by Gasteiger charge is 2.16. The van der Waals surface area contributed by atoms with Crippen molar-refractivity contribution in [2.45, 2.75) is 10.1 Å². The first-order valence-electron chi connectivity index (χ1n) is 5.16. The number of halogens is 3. The molecule has 0 fully saturated rings. The molecule has 0 radical (unpaired) electrons. The summed E-state index contributed by atoms with van der Waals surface area (Å²) in [5.41, 5.74) is 5.72. The summed E-state index contributed by atoms with van der Waals surface area (Å²) < 4.78 is 27.4. The van der Waals surface area contributed by atoms with Gasteiger partial charge < -0.3 is 5.73 Å². The third-order valence-corrected chi connectivity index (χ3v) is 5.55. The second kappa shape index (κ2) is 6.14. The second-order valence-corrected chi connectivity index (χ2v) is 6.69. The molecule has 1 unspecified atom stereocenters. The zero-order valence-corrected chi connectivity index (χ0v) is 12.4. The first-order valence-corrected chi connectivity index (χ1v) is 7.71. The van der Waals surface area contributed by atoms with Gasteiger partial charge in [-0.3, -0.25) is 0 Å². The molecule has 0 aliphatic carbocycles. The Balaban J connectivity index is 2.20. The van der Waals surface area contributed by atoms with Crippen molar-refractivity contribution in [3.05, 3.63) is 50.6 Å². The number of rotatable bonds is 4. The van der Waals surface area contributed by atoms with Gasteiger partial charge in [0.1, 0.15) is 11.6 Å². The second-order valence-electron chi connectivity index (χ2n) is 3.58. The van der Waals surface area contributed by atoms with Crippen molar-refractivity contribution in [2.24, 2.45) is 5.73 Å². The molecule has 2 rings (SSSR count). The molecule has 1 aromatic heterocycles. The van der Waals surface area contributed by atoms with Gasteiger partial charge in [0.2, 0.25) is 0 Å². The van der Waals surface area contributed by atoms with Crippen LogP contribution in [0.25, 0.3) is 0 Å². The molecule has 0 bridgehead atoms. The number of thiophene rings is 1.